The number of para-hydroxylation sites is 1. The molecule has 1 atom stereocenters. The number of rotatable bonds is 3. The van der Waals surface area contributed by atoms with Gasteiger partial charge in [0.1, 0.15) is 17.5 Å². The molecular weight excluding hydrogens is 211 g/mol. The summed E-state index contributed by atoms with van der Waals surface area (Å²) in [7, 11) is 1.58. The highest BCUT2D eigenvalue weighted by Gasteiger charge is 2.26. The number of hydrogen-bond acceptors (Lipinski definition) is 3. The van der Waals surface area contributed by atoms with E-state index in [0.29, 0.717) is 18.7 Å². The topological polar surface area (TPSA) is 50.4 Å². The van der Waals surface area contributed by atoms with Crippen LogP contribution in [0.15, 0.2) is 18.2 Å². The lowest BCUT2D eigenvalue weighted by Crippen LogP contribution is -2.39. The number of nitrogens with one attached hydrogen (secondary N) is 2. The number of fused-ring (bicyclic) bond motifs is 1. The Balaban J connectivity index is 2.19. The summed E-state index contributed by atoms with van der Waals surface area (Å²) in [6.45, 7) is 0.482. The molecule has 0 bridgehead atoms. The van der Waals surface area contributed by atoms with Gasteiger partial charge in [-0.05, 0) is 18.6 Å². The monoisotopic (exact) mass is 224 g/mol. The summed E-state index contributed by atoms with van der Waals surface area (Å²) >= 11 is 0. The number of ether oxygens (including phenoxy) is 1. The van der Waals surface area contributed by atoms with E-state index in [1.165, 1.54) is 6.07 Å². The lowest BCUT2D eigenvalue weighted by atomic mass is 10.1. The van der Waals surface area contributed by atoms with Crippen LogP contribution >= 0.6 is 0 Å². The lowest BCUT2D eigenvalue weighted by Gasteiger charge is -2.26. The normalized spacial score (nSPS) is 18.6. The van der Waals surface area contributed by atoms with E-state index in [-0.39, 0.29) is 17.6 Å². The molecule has 1 amide bonds. The zero-order chi connectivity index (χ0) is 11.5. The number of anilines is 2. The Hall–Kier alpha value is -1.62. The van der Waals surface area contributed by atoms with Crippen LogP contribution in [0.1, 0.15) is 6.42 Å². The molecule has 0 saturated carbocycles. The highest BCUT2D eigenvalue weighted by molar-refractivity contribution is 6.03. The van der Waals surface area contributed by atoms with Crippen molar-refractivity contribution < 1.29 is 13.9 Å². The average molecular weight is 224 g/mol. The zero-order valence-corrected chi connectivity index (χ0v) is 8.92. The molecule has 0 saturated heterocycles. The summed E-state index contributed by atoms with van der Waals surface area (Å²) in [6.07, 6.45) is 0.554. The van der Waals surface area contributed by atoms with E-state index >= 15 is 0 Å². The minimum absolute atomic E-state index is 0.223. The van der Waals surface area contributed by atoms with E-state index in [1.807, 2.05) is 0 Å². The highest BCUT2D eigenvalue weighted by Crippen LogP contribution is 2.29. The predicted molar refractivity (Wildman–Crippen MR) is 58.9 cm³/mol. The highest BCUT2D eigenvalue weighted by atomic mass is 19.1. The maximum atomic E-state index is 13.3. The van der Waals surface area contributed by atoms with Gasteiger partial charge in [0, 0.05) is 13.7 Å². The van der Waals surface area contributed by atoms with E-state index in [9.17, 15) is 9.18 Å². The van der Waals surface area contributed by atoms with E-state index in [2.05, 4.69) is 10.6 Å². The lowest BCUT2D eigenvalue weighted by molar-refractivity contribution is -0.117. The van der Waals surface area contributed by atoms with Crippen LogP contribution in [0.4, 0.5) is 15.8 Å². The Morgan fingerprint density at radius 2 is 2.31 bits per heavy atom. The van der Waals surface area contributed by atoms with Crippen LogP contribution in [0.5, 0.6) is 0 Å². The third-order valence-corrected chi connectivity index (χ3v) is 2.52. The molecule has 0 aliphatic carbocycles. The Morgan fingerprint density at radius 3 is 3.06 bits per heavy atom. The molecule has 16 heavy (non-hydrogen) atoms. The SMILES string of the molecule is COCCC1Nc2cccc(F)c2NC1=O. The van der Waals surface area contributed by atoms with Crippen LogP contribution in [0.2, 0.25) is 0 Å². The van der Waals surface area contributed by atoms with Crippen LogP contribution in [-0.4, -0.2) is 25.7 Å². The first-order valence-corrected chi connectivity index (χ1v) is 5.07. The molecule has 2 N–H and O–H groups in total. The molecular formula is C11H13FN2O2. The Kier molecular flexibility index (Phi) is 3.05. The molecule has 1 aromatic rings. The van der Waals surface area contributed by atoms with Crippen molar-refractivity contribution in [2.45, 2.75) is 12.5 Å². The van der Waals surface area contributed by atoms with Crippen molar-refractivity contribution in [3.8, 4) is 0 Å². The molecule has 4 nitrogen and oxygen atoms in total. The minimum atomic E-state index is -0.427. The third-order valence-electron chi connectivity index (χ3n) is 2.52. The number of benzene rings is 1. The van der Waals surface area contributed by atoms with Gasteiger partial charge in [-0.25, -0.2) is 4.39 Å². The van der Waals surface area contributed by atoms with Gasteiger partial charge in [0.2, 0.25) is 5.91 Å². The number of carbonyl (C=O) groups excluding carboxylic acids is 1. The molecule has 2 rings (SSSR count). The van der Waals surface area contributed by atoms with Crippen molar-refractivity contribution in [3.63, 3.8) is 0 Å². The van der Waals surface area contributed by atoms with Crippen molar-refractivity contribution in [1.29, 1.82) is 0 Å². The van der Waals surface area contributed by atoms with Gasteiger partial charge >= 0.3 is 0 Å². The fourth-order valence-electron chi connectivity index (χ4n) is 1.67. The number of halogens is 1. The number of amides is 1. The van der Waals surface area contributed by atoms with E-state index < -0.39 is 5.82 Å². The summed E-state index contributed by atoms with van der Waals surface area (Å²) in [4.78, 5) is 11.6. The van der Waals surface area contributed by atoms with Gasteiger partial charge in [0.25, 0.3) is 0 Å². The van der Waals surface area contributed by atoms with Gasteiger partial charge in [0.05, 0.1) is 5.69 Å². The van der Waals surface area contributed by atoms with Crippen molar-refractivity contribution in [1.82, 2.24) is 0 Å². The summed E-state index contributed by atoms with van der Waals surface area (Å²) < 4.78 is 18.3. The first-order valence-electron chi connectivity index (χ1n) is 5.07. The molecule has 1 aliphatic heterocycles. The Morgan fingerprint density at radius 1 is 1.50 bits per heavy atom. The fraction of sp³-hybridized carbons (Fsp3) is 0.364. The fourth-order valence-corrected chi connectivity index (χ4v) is 1.67. The van der Waals surface area contributed by atoms with Crippen LogP contribution in [0.25, 0.3) is 0 Å². The smallest absolute Gasteiger partial charge is 0.247 e. The minimum Gasteiger partial charge on any atom is -0.385 e. The van der Waals surface area contributed by atoms with Crippen LogP contribution in [0.3, 0.4) is 0 Å². The molecule has 86 valence electrons. The predicted octanol–water partition coefficient (Wildman–Crippen LogP) is 1.59. The van der Waals surface area contributed by atoms with Gasteiger partial charge in [-0.15, -0.1) is 0 Å². The van der Waals surface area contributed by atoms with Gasteiger partial charge < -0.3 is 15.4 Å². The molecule has 1 heterocycles. The zero-order valence-electron chi connectivity index (χ0n) is 8.92. The summed E-state index contributed by atoms with van der Waals surface area (Å²) in [6, 6.07) is 4.29. The van der Waals surface area contributed by atoms with E-state index in [4.69, 9.17) is 4.74 Å². The quantitative estimate of drug-likeness (QED) is 0.819. The van der Waals surface area contributed by atoms with Crippen molar-refractivity contribution >= 4 is 17.3 Å². The van der Waals surface area contributed by atoms with E-state index in [0.717, 1.165) is 0 Å². The number of carbonyl (C=O) groups is 1. The van der Waals surface area contributed by atoms with E-state index in [1.54, 1.807) is 19.2 Å². The second-order valence-corrected chi connectivity index (χ2v) is 3.63. The number of hydrogen-bond donors (Lipinski definition) is 2. The summed E-state index contributed by atoms with van der Waals surface area (Å²) in [5, 5.41) is 5.55. The van der Waals surface area contributed by atoms with Gasteiger partial charge in [-0.2, -0.15) is 0 Å². The molecule has 5 heteroatoms. The van der Waals surface area contributed by atoms with Crippen molar-refractivity contribution in [3.05, 3.63) is 24.0 Å². The first kappa shape index (κ1) is 10.9. The Labute approximate surface area is 92.8 Å². The van der Waals surface area contributed by atoms with Gasteiger partial charge in [-0.3, -0.25) is 4.79 Å². The Bertz CT molecular complexity index is 409. The molecule has 0 aromatic heterocycles. The molecule has 1 unspecified atom stereocenters. The third kappa shape index (κ3) is 1.99. The van der Waals surface area contributed by atoms with Crippen molar-refractivity contribution in [2.75, 3.05) is 24.4 Å². The van der Waals surface area contributed by atoms with Crippen molar-refractivity contribution in [2.24, 2.45) is 0 Å². The number of methoxy groups -OCH3 is 1. The standard InChI is InChI=1S/C11H13FN2O2/c1-16-6-5-9-11(15)14-10-7(12)3-2-4-8(10)13-9/h2-4,9,13H,5-6H2,1H3,(H,14,15). The second kappa shape index (κ2) is 4.49. The average Bonchev–Trinajstić information content (AvgIpc) is 2.28. The van der Waals surface area contributed by atoms with Gasteiger partial charge in [-0.1, -0.05) is 6.07 Å². The molecule has 1 aromatic carbocycles. The summed E-state index contributed by atoms with van der Waals surface area (Å²) in [5.74, 6) is -0.654. The maximum Gasteiger partial charge on any atom is 0.247 e. The largest absolute Gasteiger partial charge is 0.385 e. The first-order chi connectivity index (χ1) is 7.72. The van der Waals surface area contributed by atoms with Gasteiger partial charge in [0.15, 0.2) is 0 Å². The molecule has 0 fully saturated rings. The summed E-state index contributed by atoms with van der Waals surface area (Å²) in [5.41, 5.74) is 0.835. The van der Waals surface area contributed by atoms with Crippen LogP contribution in [0, 0.1) is 5.82 Å². The maximum absolute atomic E-state index is 13.3. The second-order valence-electron chi connectivity index (χ2n) is 3.63. The molecule has 0 spiro atoms. The molecule has 0 radical (unpaired) electrons. The molecule has 1 aliphatic rings. The van der Waals surface area contributed by atoms with Crippen LogP contribution < -0.4 is 10.6 Å². The van der Waals surface area contributed by atoms with Crippen LogP contribution in [-0.2, 0) is 9.53 Å².